The lowest BCUT2D eigenvalue weighted by molar-refractivity contribution is -0.900. The molecule has 0 spiro atoms. The molecule has 0 unspecified atom stereocenters. The second-order valence-electron chi connectivity index (χ2n) is 7.52. The highest BCUT2D eigenvalue weighted by molar-refractivity contribution is 5.30. The number of unbranched alkanes of at least 4 members (excludes halogenated alkanes) is 1. The molecule has 0 radical (unpaired) electrons. The van der Waals surface area contributed by atoms with Crippen LogP contribution in [0.25, 0.3) is 5.69 Å². The summed E-state index contributed by atoms with van der Waals surface area (Å²) in [5, 5.41) is 0. The summed E-state index contributed by atoms with van der Waals surface area (Å²) >= 11 is 0. The predicted octanol–water partition coefficient (Wildman–Crippen LogP) is -0.0255. The number of nitrogens with one attached hydrogen (secondary N) is 1. The number of hydrogen-bond acceptors (Lipinski definition) is 5. The SMILES string of the molecule is O=c1ccc(=O)n(-c2ccccc2)n1CCCC[NH+]1CCN(c2ncccn2)CC1. The van der Waals surface area contributed by atoms with E-state index in [1.807, 2.05) is 36.4 Å². The van der Waals surface area contributed by atoms with E-state index in [4.69, 9.17) is 0 Å². The molecule has 0 bridgehead atoms. The van der Waals surface area contributed by atoms with Crippen molar-refractivity contribution in [2.45, 2.75) is 19.4 Å². The van der Waals surface area contributed by atoms with Gasteiger partial charge in [0.1, 0.15) is 0 Å². The molecule has 0 aliphatic carbocycles. The Hall–Kier alpha value is -3.26. The largest absolute Gasteiger partial charge is 0.332 e. The van der Waals surface area contributed by atoms with Gasteiger partial charge in [0, 0.05) is 31.1 Å². The van der Waals surface area contributed by atoms with Crippen LogP contribution in [0.5, 0.6) is 0 Å². The number of aromatic nitrogens is 4. The van der Waals surface area contributed by atoms with Crippen LogP contribution >= 0.6 is 0 Å². The number of rotatable bonds is 7. The molecule has 3 aromatic rings. The number of quaternary nitrogens is 1. The number of nitrogens with zero attached hydrogens (tertiary/aromatic N) is 5. The molecule has 156 valence electrons. The molecule has 4 rings (SSSR count). The van der Waals surface area contributed by atoms with Crippen molar-refractivity contribution in [3.8, 4) is 5.69 Å². The molecule has 3 heterocycles. The minimum atomic E-state index is -0.189. The molecule has 0 atom stereocenters. The molecule has 1 aliphatic rings. The van der Waals surface area contributed by atoms with Gasteiger partial charge in [-0.2, -0.15) is 0 Å². The van der Waals surface area contributed by atoms with Crippen molar-refractivity contribution in [3.05, 3.63) is 81.6 Å². The molecule has 1 aliphatic heterocycles. The van der Waals surface area contributed by atoms with Crippen molar-refractivity contribution in [2.24, 2.45) is 0 Å². The second kappa shape index (κ2) is 9.49. The number of piperazine rings is 1. The third-order valence-electron chi connectivity index (χ3n) is 5.53. The van der Waals surface area contributed by atoms with Gasteiger partial charge in [-0.15, -0.1) is 0 Å². The minimum Gasteiger partial charge on any atom is -0.332 e. The third-order valence-corrected chi connectivity index (χ3v) is 5.53. The molecule has 0 saturated carbocycles. The van der Waals surface area contributed by atoms with Crippen molar-refractivity contribution in [1.29, 1.82) is 0 Å². The summed E-state index contributed by atoms with van der Waals surface area (Å²) in [7, 11) is 0. The zero-order chi connectivity index (χ0) is 20.8. The standard InChI is InChI=1S/C22H26N6O2/c29-20-9-10-21(30)28(19-7-2-1-3-8-19)27(20)14-5-4-13-25-15-17-26(18-16-25)22-23-11-6-12-24-22/h1-3,6-12H,4-5,13-18H2/p+1. The van der Waals surface area contributed by atoms with E-state index in [0.717, 1.165) is 51.5 Å². The average Bonchev–Trinajstić information content (AvgIpc) is 2.80. The van der Waals surface area contributed by atoms with Crippen LogP contribution < -0.4 is 20.9 Å². The lowest BCUT2D eigenvalue weighted by Gasteiger charge is -2.32. The summed E-state index contributed by atoms with van der Waals surface area (Å²) in [4.78, 5) is 37.3. The first-order valence-electron chi connectivity index (χ1n) is 10.5. The van der Waals surface area contributed by atoms with Gasteiger partial charge >= 0.3 is 0 Å². The highest BCUT2D eigenvalue weighted by Gasteiger charge is 2.21. The summed E-state index contributed by atoms with van der Waals surface area (Å²) < 4.78 is 3.03. The fourth-order valence-electron chi connectivity index (χ4n) is 3.93. The molecule has 8 nitrogen and oxygen atoms in total. The van der Waals surface area contributed by atoms with E-state index in [1.54, 1.807) is 22.0 Å². The van der Waals surface area contributed by atoms with E-state index >= 15 is 0 Å². The minimum absolute atomic E-state index is 0.151. The second-order valence-corrected chi connectivity index (χ2v) is 7.52. The molecule has 30 heavy (non-hydrogen) atoms. The van der Waals surface area contributed by atoms with Gasteiger partial charge in [-0.25, -0.2) is 19.3 Å². The Kier molecular flexibility index (Phi) is 6.34. The van der Waals surface area contributed by atoms with Gasteiger partial charge in [0.25, 0.3) is 11.1 Å². The Morgan fingerprint density at radius 1 is 0.833 bits per heavy atom. The van der Waals surface area contributed by atoms with Gasteiger partial charge in [-0.1, -0.05) is 18.2 Å². The summed E-state index contributed by atoms with van der Waals surface area (Å²) in [6, 6.07) is 13.9. The van der Waals surface area contributed by atoms with Gasteiger partial charge in [0.2, 0.25) is 5.95 Å². The van der Waals surface area contributed by atoms with Crippen LogP contribution in [0, 0.1) is 0 Å². The van der Waals surface area contributed by atoms with Crippen LogP contribution in [0.15, 0.2) is 70.5 Å². The first-order valence-corrected chi connectivity index (χ1v) is 10.5. The fourth-order valence-corrected chi connectivity index (χ4v) is 3.93. The molecule has 2 aromatic heterocycles. The van der Waals surface area contributed by atoms with Gasteiger partial charge in [0.15, 0.2) is 0 Å². The van der Waals surface area contributed by atoms with Crippen LogP contribution in [0.4, 0.5) is 5.95 Å². The smallest absolute Gasteiger partial charge is 0.270 e. The predicted molar refractivity (Wildman–Crippen MR) is 115 cm³/mol. The van der Waals surface area contributed by atoms with E-state index in [2.05, 4.69) is 14.9 Å². The van der Waals surface area contributed by atoms with E-state index in [1.165, 1.54) is 16.8 Å². The number of para-hydroxylation sites is 1. The summed E-state index contributed by atoms with van der Waals surface area (Å²) in [6.45, 7) is 5.59. The summed E-state index contributed by atoms with van der Waals surface area (Å²) in [5.74, 6) is 0.805. The normalized spacial score (nSPS) is 14.7. The number of benzene rings is 1. The lowest BCUT2D eigenvalue weighted by Crippen LogP contribution is -3.14. The Balaban J connectivity index is 1.31. The summed E-state index contributed by atoms with van der Waals surface area (Å²) in [5.41, 5.74) is 0.373. The van der Waals surface area contributed by atoms with E-state index in [-0.39, 0.29) is 11.1 Å². The molecule has 0 amide bonds. The van der Waals surface area contributed by atoms with Gasteiger partial charge in [-0.3, -0.25) is 9.59 Å². The Morgan fingerprint density at radius 3 is 2.27 bits per heavy atom. The van der Waals surface area contributed by atoms with Crippen molar-refractivity contribution in [2.75, 3.05) is 37.6 Å². The topological polar surface area (TPSA) is 77.5 Å². The molecular weight excluding hydrogens is 380 g/mol. The highest BCUT2D eigenvalue weighted by atomic mass is 16.2. The first kappa shape index (κ1) is 20.0. The lowest BCUT2D eigenvalue weighted by atomic mass is 10.2. The van der Waals surface area contributed by atoms with Crippen molar-refractivity contribution in [1.82, 2.24) is 19.3 Å². The van der Waals surface area contributed by atoms with Crippen molar-refractivity contribution >= 4 is 5.95 Å². The zero-order valence-electron chi connectivity index (χ0n) is 17.0. The Labute approximate surface area is 175 Å². The van der Waals surface area contributed by atoms with Gasteiger partial charge in [0.05, 0.1) is 38.4 Å². The molecule has 1 N–H and O–H groups in total. The zero-order valence-corrected chi connectivity index (χ0v) is 17.0. The van der Waals surface area contributed by atoms with Gasteiger partial charge in [-0.05, 0) is 31.0 Å². The molecule has 1 aromatic carbocycles. The molecule has 8 heteroatoms. The maximum atomic E-state index is 12.4. The van der Waals surface area contributed by atoms with Gasteiger partial charge < -0.3 is 9.80 Å². The fraction of sp³-hybridized carbons (Fsp3) is 0.364. The Bertz CT molecular complexity index is 1060. The average molecular weight is 407 g/mol. The van der Waals surface area contributed by atoms with E-state index in [9.17, 15) is 9.59 Å². The monoisotopic (exact) mass is 407 g/mol. The first-order chi connectivity index (χ1) is 14.7. The highest BCUT2D eigenvalue weighted by Crippen LogP contribution is 2.05. The van der Waals surface area contributed by atoms with E-state index < -0.39 is 0 Å². The van der Waals surface area contributed by atoms with Crippen LogP contribution in [0.3, 0.4) is 0 Å². The number of anilines is 1. The van der Waals surface area contributed by atoms with Crippen molar-refractivity contribution < 1.29 is 4.90 Å². The molecule has 1 fully saturated rings. The van der Waals surface area contributed by atoms with Crippen LogP contribution in [0.1, 0.15) is 12.8 Å². The maximum Gasteiger partial charge on any atom is 0.270 e. The summed E-state index contributed by atoms with van der Waals surface area (Å²) in [6.07, 6.45) is 5.41. The van der Waals surface area contributed by atoms with Crippen molar-refractivity contribution in [3.63, 3.8) is 0 Å². The molecular formula is C22H27N6O2+. The number of hydrogen-bond donors (Lipinski definition) is 1. The van der Waals surface area contributed by atoms with E-state index in [0.29, 0.717) is 12.2 Å². The Morgan fingerprint density at radius 2 is 1.53 bits per heavy atom. The van der Waals surface area contributed by atoms with Crippen LogP contribution in [0.2, 0.25) is 0 Å². The van der Waals surface area contributed by atoms with Crippen LogP contribution in [-0.4, -0.2) is 52.1 Å². The molecule has 1 saturated heterocycles. The maximum absolute atomic E-state index is 12.4. The third kappa shape index (κ3) is 4.65. The van der Waals surface area contributed by atoms with Crippen LogP contribution in [-0.2, 0) is 6.54 Å². The quantitative estimate of drug-likeness (QED) is 0.557.